The summed E-state index contributed by atoms with van der Waals surface area (Å²) in [6, 6.07) is 0. The number of rotatable bonds is 2. The number of halogens is 2. The molecule has 2 rings (SSSR count). The molecular formula is C13H19Cl2Zr-. The van der Waals surface area contributed by atoms with Gasteiger partial charge in [-0.3, -0.25) is 0 Å². The van der Waals surface area contributed by atoms with E-state index in [2.05, 4.69) is 38.2 Å². The van der Waals surface area contributed by atoms with Crippen LogP contribution < -0.4 is 12.4 Å². The summed E-state index contributed by atoms with van der Waals surface area (Å²) in [5.74, 6) is 0.785. The van der Waals surface area contributed by atoms with Crippen LogP contribution in [0.3, 0.4) is 0 Å². The van der Waals surface area contributed by atoms with Gasteiger partial charge in [0, 0.05) is 26.2 Å². The Morgan fingerprint density at radius 3 is 2.00 bits per heavy atom. The Hall–Kier alpha value is 0.943. The molecule has 0 aromatic heterocycles. The molecule has 2 aliphatic carbocycles. The van der Waals surface area contributed by atoms with Crippen LogP contribution in [0, 0.1) is 11.3 Å². The van der Waals surface area contributed by atoms with E-state index in [-0.39, 0.29) is 48.9 Å². The number of alkyl halides is 1. The third-order valence-electron chi connectivity index (χ3n) is 4.15. The molecule has 0 aromatic carbocycles. The van der Waals surface area contributed by atoms with E-state index in [9.17, 15) is 0 Å². The fourth-order valence-electron chi connectivity index (χ4n) is 2.84. The van der Waals surface area contributed by atoms with Crippen LogP contribution in [0.1, 0.15) is 39.5 Å². The fraction of sp³-hybridized carbons (Fsp3) is 0.692. The van der Waals surface area contributed by atoms with E-state index >= 15 is 0 Å². The molecular weight excluding hydrogens is 318 g/mol. The molecule has 0 aromatic rings. The molecule has 0 spiro atoms. The van der Waals surface area contributed by atoms with Crippen molar-refractivity contribution in [3.05, 3.63) is 24.3 Å². The van der Waals surface area contributed by atoms with E-state index in [4.69, 9.17) is 11.6 Å². The van der Waals surface area contributed by atoms with Crippen molar-refractivity contribution in [1.82, 2.24) is 0 Å². The molecule has 0 atom stereocenters. The van der Waals surface area contributed by atoms with E-state index in [0.717, 1.165) is 5.92 Å². The first kappa shape index (κ1) is 16.9. The van der Waals surface area contributed by atoms with Crippen molar-refractivity contribution >= 4 is 11.6 Å². The van der Waals surface area contributed by atoms with Crippen LogP contribution in [-0.2, 0) is 26.2 Å². The molecule has 1 fully saturated rings. The summed E-state index contributed by atoms with van der Waals surface area (Å²) >= 11 is 6.67. The Morgan fingerprint density at radius 1 is 1.12 bits per heavy atom. The van der Waals surface area contributed by atoms with Crippen LogP contribution in [0.15, 0.2) is 24.3 Å². The molecule has 0 radical (unpaired) electrons. The standard InChI is InChI=1S/C13H19Cl.ClH.Zr/c1-12(2,11-7-3-4-8-11)13(14)9-5-6-10-13;;/h5-6,9-11H,3-4,7-8H2,1-2H3;1H;/p-1. The molecule has 0 nitrogen and oxygen atoms in total. The van der Waals surface area contributed by atoms with Gasteiger partial charge in [0.25, 0.3) is 0 Å². The molecule has 16 heavy (non-hydrogen) atoms. The average molecular weight is 337 g/mol. The molecule has 0 unspecified atom stereocenters. The monoisotopic (exact) mass is 335 g/mol. The van der Waals surface area contributed by atoms with Crippen LogP contribution in [0.25, 0.3) is 0 Å². The van der Waals surface area contributed by atoms with Crippen LogP contribution in [0.2, 0.25) is 0 Å². The first-order chi connectivity index (χ1) is 6.56. The quantitative estimate of drug-likeness (QED) is 0.667. The Morgan fingerprint density at radius 2 is 1.56 bits per heavy atom. The SMILES string of the molecule is CC(C)(C1CCCC1)C1(Cl)C=CC=C1.[Cl-].[Zr]. The van der Waals surface area contributed by atoms with Gasteiger partial charge in [-0.1, -0.05) is 51.0 Å². The Balaban J connectivity index is 0.00000112. The molecule has 0 saturated heterocycles. The summed E-state index contributed by atoms with van der Waals surface area (Å²) in [4.78, 5) is -0.234. The maximum Gasteiger partial charge on any atom is 0.0865 e. The first-order valence-corrected chi connectivity index (χ1v) is 6.00. The predicted molar refractivity (Wildman–Crippen MR) is 62.6 cm³/mol. The smallest absolute Gasteiger partial charge is 0.0865 e. The van der Waals surface area contributed by atoms with Gasteiger partial charge in [0.05, 0.1) is 4.87 Å². The van der Waals surface area contributed by atoms with E-state index in [0.29, 0.717) is 0 Å². The number of allylic oxidation sites excluding steroid dienone is 4. The minimum Gasteiger partial charge on any atom is -1.00 e. The summed E-state index contributed by atoms with van der Waals surface area (Å²) in [6.45, 7) is 4.63. The summed E-state index contributed by atoms with van der Waals surface area (Å²) in [7, 11) is 0. The molecule has 0 aliphatic heterocycles. The Labute approximate surface area is 129 Å². The predicted octanol–water partition coefficient (Wildman–Crippen LogP) is 1.31. The topological polar surface area (TPSA) is 0 Å². The van der Waals surface area contributed by atoms with Crippen LogP contribution in [0.5, 0.6) is 0 Å². The molecule has 90 valence electrons. The van der Waals surface area contributed by atoms with Gasteiger partial charge in [-0.15, -0.1) is 11.6 Å². The minimum absolute atomic E-state index is 0. The molecule has 0 heterocycles. The van der Waals surface area contributed by atoms with Gasteiger partial charge in [0.1, 0.15) is 0 Å². The molecule has 0 N–H and O–H groups in total. The summed E-state index contributed by atoms with van der Waals surface area (Å²) in [6.07, 6.45) is 13.9. The maximum atomic E-state index is 6.67. The Kier molecular flexibility index (Phi) is 6.58. The zero-order chi connectivity index (χ0) is 10.2. The molecule has 0 bridgehead atoms. The van der Waals surface area contributed by atoms with Crippen molar-refractivity contribution < 1.29 is 38.6 Å². The first-order valence-electron chi connectivity index (χ1n) is 5.62. The molecule has 3 heteroatoms. The summed E-state index contributed by atoms with van der Waals surface area (Å²) < 4.78 is 0. The zero-order valence-corrected chi connectivity index (χ0v) is 13.9. The van der Waals surface area contributed by atoms with Gasteiger partial charge in [0.2, 0.25) is 0 Å². The van der Waals surface area contributed by atoms with Crippen molar-refractivity contribution in [3.8, 4) is 0 Å². The largest absolute Gasteiger partial charge is 1.00 e. The van der Waals surface area contributed by atoms with Crippen molar-refractivity contribution in [2.75, 3.05) is 0 Å². The zero-order valence-electron chi connectivity index (χ0n) is 9.97. The second kappa shape index (κ2) is 6.21. The molecule has 2 aliphatic rings. The maximum absolute atomic E-state index is 6.67. The summed E-state index contributed by atoms with van der Waals surface area (Å²) in [5, 5.41) is 0. The number of hydrogen-bond acceptors (Lipinski definition) is 0. The van der Waals surface area contributed by atoms with E-state index < -0.39 is 0 Å². The fourth-order valence-corrected chi connectivity index (χ4v) is 3.14. The van der Waals surface area contributed by atoms with Crippen LogP contribution in [-0.4, -0.2) is 4.87 Å². The van der Waals surface area contributed by atoms with E-state index in [1.807, 2.05) is 0 Å². The van der Waals surface area contributed by atoms with Gasteiger partial charge < -0.3 is 12.4 Å². The third-order valence-corrected chi connectivity index (χ3v) is 4.89. The van der Waals surface area contributed by atoms with Crippen LogP contribution >= 0.6 is 11.6 Å². The third kappa shape index (κ3) is 2.85. The van der Waals surface area contributed by atoms with E-state index in [1.54, 1.807) is 0 Å². The second-order valence-corrected chi connectivity index (χ2v) is 5.81. The van der Waals surface area contributed by atoms with Gasteiger partial charge in [-0.2, -0.15) is 0 Å². The normalized spacial score (nSPS) is 22.9. The van der Waals surface area contributed by atoms with Crippen molar-refractivity contribution in [3.63, 3.8) is 0 Å². The van der Waals surface area contributed by atoms with Gasteiger partial charge >= 0.3 is 0 Å². The summed E-state index contributed by atoms with van der Waals surface area (Å²) in [5.41, 5.74) is 0.189. The van der Waals surface area contributed by atoms with Crippen molar-refractivity contribution in [1.29, 1.82) is 0 Å². The number of hydrogen-bond donors (Lipinski definition) is 0. The van der Waals surface area contributed by atoms with Crippen LogP contribution in [0.4, 0.5) is 0 Å². The average Bonchev–Trinajstić information content (AvgIpc) is 2.73. The molecule has 0 amide bonds. The Bertz CT molecular complexity index is 264. The van der Waals surface area contributed by atoms with Gasteiger partial charge in [0.15, 0.2) is 0 Å². The van der Waals surface area contributed by atoms with Gasteiger partial charge in [-0.25, -0.2) is 0 Å². The van der Waals surface area contributed by atoms with Gasteiger partial charge in [-0.05, 0) is 24.2 Å². The second-order valence-electron chi connectivity index (χ2n) is 5.19. The van der Waals surface area contributed by atoms with Crippen molar-refractivity contribution in [2.24, 2.45) is 11.3 Å². The minimum atomic E-state index is -0.234. The molecule has 1 saturated carbocycles. The van der Waals surface area contributed by atoms with Crippen molar-refractivity contribution in [2.45, 2.75) is 44.4 Å². The van der Waals surface area contributed by atoms with E-state index in [1.165, 1.54) is 25.7 Å².